The van der Waals surface area contributed by atoms with Crippen LogP contribution in [0, 0.1) is 0 Å². The standard InChI is InChI=1S/C21H25N3O5S/c1-13(2)16-9-17(19(29-12-27-4)10-18(16)28-11-26-3)20-22-23-21(30)24(20)14-5-7-15(25)8-6-14/h5-10,13,25H,11-12H2,1-4H3,(H,23,30). The lowest BCUT2D eigenvalue weighted by Gasteiger charge is -2.19. The normalized spacial score (nSPS) is 11.1. The summed E-state index contributed by atoms with van der Waals surface area (Å²) in [4.78, 5) is 0. The molecule has 1 N–H and O–H groups in total. The molecule has 0 aliphatic carbocycles. The summed E-state index contributed by atoms with van der Waals surface area (Å²) in [7, 11) is 3.12. The van der Waals surface area contributed by atoms with Crippen LogP contribution < -0.4 is 9.47 Å². The van der Waals surface area contributed by atoms with Gasteiger partial charge in [0.15, 0.2) is 24.6 Å². The van der Waals surface area contributed by atoms with Gasteiger partial charge in [0.05, 0.1) is 5.56 Å². The number of phenolic OH excluding ortho intramolecular Hbond substituents is 1. The van der Waals surface area contributed by atoms with E-state index in [9.17, 15) is 5.11 Å². The Morgan fingerprint density at radius 1 is 0.967 bits per heavy atom. The molecule has 3 rings (SSSR count). The molecule has 0 atom stereocenters. The number of hydrogen-bond acceptors (Lipinski definition) is 8. The zero-order valence-electron chi connectivity index (χ0n) is 17.3. The summed E-state index contributed by atoms with van der Waals surface area (Å²) in [5.41, 5.74) is 2.43. The highest BCUT2D eigenvalue weighted by Crippen LogP contribution is 2.40. The van der Waals surface area contributed by atoms with E-state index in [-0.39, 0.29) is 25.3 Å². The van der Waals surface area contributed by atoms with Crippen molar-refractivity contribution in [3.63, 3.8) is 0 Å². The largest absolute Gasteiger partial charge is 0.508 e. The Kier molecular flexibility index (Phi) is 7.20. The lowest BCUT2D eigenvalue weighted by atomic mass is 9.98. The van der Waals surface area contributed by atoms with Gasteiger partial charge < -0.3 is 24.1 Å². The van der Waals surface area contributed by atoms with Gasteiger partial charge in [-0.2, -0.15) is 0 Å². The van der Waals surface area contributed by atoms with Crippen LogP contribution in [0.2, 0.25) is 0 Å². The number of hydrogen-bond donors (Lipinski definition) is 2. The molecule has 0 spiro atoms. The number of phenols is 1. The number of benzene rings is 2. The molecule has 2 aromatic carbocycles. The van der Waals surface area contributed by atoms with Crippen molar-refractivity contribution in [3.05, 3.63) is 42.0 Å². The van der Waals surface area contributed by atoms with Crippen molar-refractivity contribution in [2.75, 3.05) is 27.8 Å². The van der Waals surface area contributed by atoms with Gasteiger partial charge in [0.2, 0.25) is 0 Å². The molecule has 0 aliphatic heterocycles. The van der Waals surface area contributed by atoms with Crippen LogP contribution in [0.15, 0.2) is 41.6 Å². The molecule has 0 amide bonds. The minimum atomic E-state index is 0.0544. The van der Waals surface area contributed by atoms with E-state index in [1.807, 2.05) is 6.07 Å². The second-order valence-electron chi connectivity index (χ2n) is 6.82. The predicted octanol–water partition coefficient (Wildman–Crippen LogP) is 4.02. The molecule has 0 aliphatic rings. The summed E-state index contributed by atoms with van der Waals surface area (Å²) < 4.78 is 23.5. The highest BCUT2D eigenvalue weighted by atomic mass is 32.1. The summed E-state index contributed by atoms with van der Waals surface area (Å²) in [5, 5.41) is 18.5. The van der Waals surface area contributed by atoms with Crippen molar-refractivity contribution in [1.29, 1.82) is 0 Å². The zero-order chi connectivity index (χ0) is 21.7. The Hall–Kier alpha value is -2.75. The number of aromatic hydroxyl groups is 1. The van der Waals surface area contributed by atoms with Crippen LogP contribution in [-0.2, 0) is 9.47 Å². The molecular weight excluding hydrogens is 406 g/mol. The third kappa shape index (κ3) is 4.69. The maximum absolute atomic E-state index is 9.63. The van der Waals surface area contributed by atoms with Gasteiger partial charge in [-0.1, -0.05) is 13.8 Å². The summed E-state index contributed by atoms with van der Waals surface area (Å²) in [5.74, 6) is 2.06. The quantitative estimate of drug-likeness (QED) is 0.391. The summed E-state index contributed by atoms with van der Waals surface area (Å²) >= 11 is 4.46. The number of thiol groups is 1. The van der Waals surface area contributed by atoms with E-state index in [0.717, 1.165) is 11.3 Å². The average Bonchev–Trinajstić information content (AvgIpc) is 3.12. The Morgan fingerprint density at radius 2 is 1.60 bits per heavy atom. The van der Waals surface area contributed by atoms with Crippen molar-refractivity contribution in [1.82, 2.24) is 14.8 Å². The van der Waals surface area contributed by atoms with E-state index in [1.165, 1.54) is 0 Å². The minimum absolute atomic E-state index is 0.0544. The first kappa shape index (κ1) is 21.9. The molecule has 1 aromatic heterocycles. The molecule has 160 valence electrons. The number of nitrogens with zero attached hydrogens (tertiary/aromatic N) is 3. The Labute approximate surface area is 180 Å². The Morgan fingerprint density at radius 3 is 2.20 bits per heavy atom. The Balaban J connectivity index is 2.19. The van der Waals surface area contributed by atoms with Crippen molar-refractivity contribution in [3.8, 4) is 34.3 Å². The molecule has 0 bridgehead atoms. The Bertz CT molecular complexity index is 989. The highest BCUT2D eigenvalue weighted by Gasteiger charge is 2.22. The number of methoxy groups -OCH3 is 2. The molecule has 0 saturated heterocycles. The molecule has 0 unspecified atom stereocenters. The molecule has 9 heteroatoms. The first-order chi connectivity index (χ1) is 14.5. The van der Waals surface area contributed by atoms with Crippen molar-refractivity contribution in [2.24, 2.45) is 0 Å². The van der Waals surface area contributed by atoms with Crippen LogP contribution in [0.4, 0.5) is 0 Å². The minimum Gasteiger partial charge on any atom is -0.508 e. The highest BCUT2D eigenvalue weighted by molar-refractivity contribution is 7.80. The molecule has 8 nitrogen and oxygen atoms in total. The average molecular weight is 432 g/mol. The van der Waals surface area contributed by atoms with Crippen LogP contribution in [0.3, 0.4) is 0 Å². The summed E-state index contributed by atoms with van der Waals surface area (Å²) in [6.45, 7) is 4.32. The van der Waals surface area contributed by atoms with E-state index >= 15 is 0 Å². The van der Waals surface area contributed by atoms with Crippen molar-refractivity contribution >= 4 is 12.6 Å². The van der Waals surface area contributed by atoms with Gasteiger partial charge in [-0.3, -0.25) is 4.57 Å². The fraction of sp³-hybridized carbons (Fsp3) is 0.333. The summed E-state index contributed by atoms with van der Waals surface area (Å²) in [6, 6.07) is 10.5. The van der Waals surface area contributed by atoms with Gasteiger partial charge in [0.25, 0.3) is 0 Å². The third-order valence-corrected chi connectivity index (χ3v) is 4.68. The van der Waals surface area contributed by atoms with E-state index in [0.29, 0.717) is 28.0 Å². The lowest BCUT2D eigenvalue weighted by molar-refractivity contribution is 0.0457. The summed E-state index contributed by atoms with van der Waals surface area (Å²) in [6.07, 6.45) is 0. The fourth-order valence-corrected chi connectivity index (χ4v) is 3.24. The first-order valence-corrected chi connectivity index (χ1v) is 9.76. The molecule has 1 heterocycles. The van der Waals surface area contributed by atoms with Gasteiger partial charge in [0.1, 0.15) is 17.2 Å². The maximum Gasteiger partial charge on any atom is 0.193 e. The van der Waals surface area contributed by atoms with Gasteiger partial charge in [-0.15, -0.1) is 22.8 Å². The van der Waals surface area contributed by atoms with E-state index in [1.54, 1.807) is 49.1 Å². The maximum atomic E-state index is 9.63. The molecule has 3 aromatic rings. The van der Waals surface area contributed by atoms with Crippen LogP contribution in [0.25, 0.3) is 17.1 Å². The molecule has 0 saturated carbocycles. The lowest BCUT2D eigenvalue weighted by Crippen LogP contribution is -2.07. The molecule has 30 heavy (non-hydrogen) atoms. The van der Waals surface area contributed by atoms with Crippen molar-refractivity contribution < 1.29 is 24.1 Å². The number of aromatic nitrogens is 3. The van der Waals surface area contributed by atoms with Crippen LogP contribution in [0.1, 0.15) is 25.3 Å². The molecule has 0 radical (unpaired) electrons. The number of ether oxygens (including phenoxy) is 4. The second-order valence-corrected chi connectivity index (χ2v) is 7.22. The van der Waals surface area contributed by atoms with E-state index in [2.05, 4.69) is 36.7 Å². The van der Waals surface area contributed by atoms with E-state index < -0.39 is 0 Å². The van der Waals surface area contributed by atoms with Gasteiger partial charge >= 0.3 is 0 Å². The SMILES string of the molecule is COCOc1cc(OCOC)c(C(C)C)cc1-c1nnc(S)n1-c1ccc(O)cc1. The third-order valence-electron chi connectivity index (χ3n) is 4.39. The van der Waals surface area contributed by atoms with Crippen molar-refractivity contribution in [2.45, 2.75) is 24.9 Å². The molecular formula is C21H25N3O5S. The topological polar surface area (TPSA) is 87.9 Å². The second kappa shape index (κ2) is 9.84. The van der Waals surface area contributed by atoms with Crippen LogP contribution >= 0.6 is 12.6 Å². The predicted molar refractivity (Wildman–Crippen MR) is 115 cm³/mol. The fourth-order valence-electron chi connectivity index (χ4n) is 2.98. The van der Waals surface area contributed by atoms with E-state index in [4.69, 9.17) is 18.9 Å². The van der Waals surface area contributed by atoms with Gasteiger partial charge in [-0.05, 0) is 41.8 Å². The molecule has 0 fully saturated rings. The number of rotatable bonds is 9. The first-order valence-electron chi connectivity index (χ1n) is 9.31. The van der Waals surface area contributed by atoms with Gasteiger partial charge in [0, 0.05) is 26.0 Å². The van der Waals surface area contributed by atoms with Crippen LogP contribution in [0.5, 0.6) is 17.2 Å². The van der Waals surface area contributed by atoms with Gasteiger partial charge in [-0.25, -0.2) is 0 Å². The smallest absolute Gasteiger partial charge is 0.193 e. The monoisotopic (exact) mass is 431 g/mol. The van der Waals surface area contributed by atoms with Crippen LogP contribution in [-0.4, -0.2) is 47.7 Å². The zero-order valence-corrected chi connectivity index (χ0v) is 18.2.